The second kappa shape index (κ2) is 5.62. The van der Waals surface area contributed by atoms with Gasteiger partial charge in [0.2, 0.25) is 5.91 Å². The van der Waals surface area contributed by atoms with E-state index in [2.05, 4.69) is 4.98 Å². The molecule has 1 aliphatic rings. The molecule has 2 rings (SSSR count). The Bertz CT molecular complexity index is 433. The largest absolute Gasteiger partial charge is 0.481 e. The predicted molar refractivity (Wildman–Crippen MR) is 64.9 cm³/mol. The van der Waals surface area contributed by atoms with Crippen LogP contribution in [0.3, 0.4) is 0 Å². The Hall–Kier alpha value is -1.91. The highest BCUT2D eigenvalue weighted by molar-refractivity contribution is 5.80. The molecule has 1 N–H and O–H groups in total. The SMILES string of the molecule is O=C(O)[C@@H]1CCCN(C(=O)Cc2cccnc2)C1. The van der Waals surface area contributed by atoms with E-state index in [-0.39, 0.29) is 5.91 Å². The van der Waals surface area contributed by atoms with Gasteiger partial charge in [0.1, 0.15) is 0 Å². The third kappa shape index (κ3) is 3.06. The van der Waals surface area contributed by atoms with Gasteiger partial charge in [-0.05, 0) is 24.5 Å². The molecular formula is C13H16N2O3. The van der Waals surface area contributed by atoms with Gasteiger partial charge in [-0.15, -0.1) is 0 Å². The second-order valence-electron chi connectivity index (χ2n) is 4.56. The molecule has 5 heteroatoms. The Morgan fingerprint density at radius 3 is 3.00 bits per heavy atom. The van der Waals surface area contributed by atoms with Gasteiger partial charge in [0.15, 0.2) is 0 Å². The van der Waals surface area contributed by atoms with Crippen molar-refractivity contribution in [2.45, 2.75) is 19.3 Å². The number of likely N-dealkylation sites (tertiary alicyclic amines) is 1. The number of aromatic nitrogens is 1. The van der Waals surface area contributed by atoms with Gasteiger partial charge in [0.25, 0.3) is 0 Å². The van der Waals surface area contributed by atoms with E-state index in [9.17, 15) is 9.59 Å². The van der Waals surface area contributed by atoms with E-state index in [1.807, 2.05) is 6.07 Å². The van der Waals surface area contributed by atoms with Crippen LogP contribution in [-0.4, -0.2) is 40.0 Å². The summed E-state index contributed by atoms with van der Waals surface area (Å²) in [5, 5.41) is 8.98. The van der Waals surface area contributed by atoms with E-state index in [4.69, 9.17) is 5.11 Å². The van der Waals surface area contributed by atoms with Crippen LogP contribution >= 0.6 is 0 Å². The minimum absolute atomic E-state index is 0.0195. The number of rotatable bonds is 3. The lowest BCUT2D eigenvalue weighted by molar-refractivity contribution is -0.145. The molecule has 96 valence electrons. The lowest BCUT2D eigenvalue weighted by Crippen LogP contribution is -2.43. The van der Waals surface area contributed by atoms with Crippen LogP contribution in [0.4, 0.5) is 0 Å². The van der Waals surface area contributed by atoms with Crippen molar-refractivity contribution in [2.24, 2.45) is 5.92 Å². The van der Waals surface area contributed by atoms with Crippen molar-refractivity contribution in [1.82, 2.24) is 9.88 Å². The fraction of sp³-hybridized carbons (Fsp3) is 0.462. The molecule has 0 unspecified atom stereocenters. The first-order valence-electron chi connectivity index (χ1n) is 6.06. The number of piperidine rings is 1. The van der Waals surface area contributed by atoms with E-state index >= 15 is 0 Å². The monoisotopic (exact) mass is 248 g/mol. The van der Waals surface area contributed by atoms with Crippen molar-refractivity contribution in [2.75, 3.05) is 13.1 Å². The van der Waals surface area contributed by atoms with E-state index < -0.39 is 11.9 Å². The minimum atomic E-state index is -0.811. The zero-order valence-electron chi connectivity index (χ0n) is 10.1. The summed E-state index contributed by atoms with van der Waals surface area (Å²) in [7, 11) is 0. The van der Waals surface area contributed by atoms with Gasteiger partial charge in [-0.1, -0.05) is 6.07 Å². The molecule has 0 saturated carbocycles. The second-order valence-corrected chi connectivity index (χ2v) is 4.56. The smallest absolute Gasteiger partial charge is 0.308 e. The van der Waals surface area contributed by atoms with Gasteiger partial charge >= 0.3 is 5.97 Å². The molecular weight excluding hydrogens is 232 g/mol. The molecule has 18 heavy (non-hydrogen) atoms. The van der Waals surface area contributed by atoms with Crippen LogP contribution in [0.15, 0.2) is 24.5 Å². The highest BCUT2D eigenvalue weighted by Crippen LogP contribution is 2.17. The standard InChI is InChI=1S/C13H16N2O3/c16-12(7-10-3-1-5-14-8-10)15-6-2-4-11(9-15)13(17)18/h1,3,5,8,11H,2,4,6-7,9H2,(H,17,18)/t11-/m1/s1. The Balaban J connectivity index is 1.95. The summed E-state index contributed by atoms with van der Waals surface area (Å²) in [5.74, 6) is -1.25. The number of carbonyl (C=O) groups is 2. The Morgan fingerprint density at radius 2 is 2.33 bits per heavy atom. The van der Waals surface area contributed by atoms with Crippen LogP contribution in [0.25, 0.3) is 0 Å². The molecule has 0 radical (unpaired) electrons. The lowest BCUT2D eigenvalue weighted by atomic mass is 9.98. The van der Waals surface area contributed by atoms with E-state index in [1.54, 1.807) is 23.4 Å². The normalized spacial score (nSPS) is 19.6. The number of hydrogen-bond donors (Lipinski definition) is 1. The van der Waals surface area contributed by atoms with Gasteiger partial charge in [-0.3, -0.25) is 14.6 Å². The summed E-state index contributed by atoms with van der Waals surface area (Å²) in [4.78, 5) is 28.6. The molecule has 0 aliphatic carbocycles. The molecule has 1 aliphatic heterocycles. The van der Waals surface area contributed by atoms with Gasteiger partial charge in [-0.2, -0.15) is 0 Å². The fourth-order valence-electron chi connectivity index (χ4n) is 2.19. The summed E-state index contributed by atoms with van der Waals surface area (Å²) >= 11 is 0. The Labute approximate surface area is 105 Å². The molecule has 1 aromatic rings. The number of hydrogen-bond acceptors (Lipinski definition) is 3. The lowest BCUT2D eigenvalue weighted by Gasteiger charge is -2.30. The number of carbonyl (C=O) groups excluding carboxylic acids is 1. The minimum Gasteiger partial charge on any atom is -0.481 e. The van der Waals surface area contributed by atoms with Crippen LogP contribution in [-0.2, 0) is 16.0 Å². The zero-order valence-corrected chi connectivity index (χ0v) is 10.1. The van der Waals surface area contributed by atoms with E-state index in [0.717, 1.165) is 12.0 Å². The topological polar surface area (TPSA) is 70.5 Å². The summed E-state index contributed by atoms with van der Waals surface area (Å²) in [5.41, 5.74) is 0.861. The van der Waals surface area contributed by atoms with Gasteiger partial charge in [-0.25, -0.2) is 0 Å². The average Bonchev–Trinajstić information content (AvgIpc) is 2.40. The molecule has 1 fully saturated rings. The van der Waals surface area contributed by atoms with Crippen LogP contribution in [0, 0.1) is 5.92 Å². The van der Waals surface area contributed by atoms with Crippen molar-refractivity contribution < 1.29 is 14.7 Å². The summed E-state index contributed by atoms with van der Waals surface area (Å²) in [6.45, 7) is 0.983. The maximum absolute atomic E-state index is 12.0. The third-order valence-corrected chi connectivity index (χ3v) is 3.20. The molecule has 0 aromatic carbocycles. The van der Waals surface area contributed by atoms with Crippen LogP contribution in [0.5, 0.6) is 0 Å². The van der Waals surface area contributed by atoms with Crippen molar-refractivity contribution in [3.05, 3.63) is 30.1 Å². The number of amides is 1. The Morgan fingerprint density at radius 1 is 1.50 bits per heavy atom. The van der Waals surface area contributed by atoms with Crippen molar-refractivity contribution >= 4 is 11.9 Å². The molecule has 5 nitrogen and oxygen atoms in total. The quantitative estimate of drug-likeness (QED) is 0.864. The average molecular weight is 248 g/mol. The first-order valence-corrected chi connectivity index (χ1v) is 6.06. The highest BCUT2D eigenvalue weighted by Gasteiger charge is 2.27. The predicted octanol–water partition coefficient (Wildman–Crippen LogP) is 0.947. The van der Waals surface area contributed by atoms with Crippen molar-refractivity contribution in [3.63, 3.8) is 0 Å². The molecule has 2 heterocycles. The molecule has 1 atom stereocenters. The van der Waals surface area contributed by atoms with Gasteiger partial charge in [0.05, 0.1) is 12.3 Å². The summed E-state index contributed by atoms with van der Waals surface area (Å²) in [6, 6.07) is 3.64. The molecule has 1 amide bonds. The van der Waals surface area contributed by atoms with Crippen LogP contribution < -0.4 is 0 Å². The first kappa shape index (κ1) is 12.5. The van der Waals surface area contributed by atoms with Crippen molar-refractivity contribution in [3.8, 4) is 0 Å². The molecule has 1 saturated heterocycles. The van der Waals surface area contributed by atoms with Crippen molar-refractivity contribution in [1.29, 1.82) is 0 Å². The van der Waals surface area contributed by atoms with E-state index in [1.165, 1.54) is 0 Å². The number of aliphatic carboxylic acids is 1. The van der Waals surface area contributed by atoms with Gasteiger partial charge < -0.3 is 10.0 Å². The Kier molecular flexibility index (Phi) is 3.92. The maximum atomic E-state index is 12.0. The first-order chi connectivity index (χ1) is 8.66. The third-order valence-electron chi connectivity index (χ3n) is 3.20. The van der Waals surface area contributed by atoms with Gasteiger partial charge in [0, 0.05) is 25.5 Å². The zero-order chi connectivity index (χ0) is 13.0. The maximum Gasteiger partial charge on any atom is 0.308 e. The molecule has 0 spiro atoms. The number of pyridine rings is 1. The number of carboxylic acids is 1. The number of carboxylic acid groups (broad SMARTS) is 1. The highest BCUT2D eigenvalue weighted by atomic mass is 16.4. The van der Waals surface area contributed by atoms with Crippen LogP contribution in [0.2, 0.25) is 0 Å². The summed E-state index contributed by atoms with van der Waals surface area (Å²) < 4.78 is 0. The van der Waals surface area contributed by atoms with Crippen LogP contribution in [0.1, 0.15) is 18.4 Å². The molecule has 0 bridgehead atoms. The van der Waals surface area contributed by atoms with E-state index in [0.29, 0.717) is 25.9 Å². The fourth-order valence-corrected chi connectivity index (χ4v) is 2.19. The summed E-state index contributed by atoms with van der Waals surface area (Å²) in [6.07, 6.45) is 5.04. The number of nitrogens with zero attached hydrogens (tertiary/aromatic N) is 2. The molecule has 1 aromatic heterocycles.